The molecule has 4 heterocycles. The molecule has 0 aliphatic carbocycles. The minimum atomic E-state index is 0.963. The normalized spacial score (nSPS) is 18.6. The van der Waals surface area contributed by atoms with Gasteiger partial charge in [-0.05, 0) is 30.5 Å². The highest BCUT2D eigenvalue weighted by Gasteiger charge is 2.20. The summed E-state index contributed by atoms with van der Waals surface area (Å²) in [4.78, 5) is 7.46. The van der Waals surface area contributed by atoms with E-state index in [-0.39, 0.29) is 0 Å². The van der Waals surface area contributed by atoms with Gasteiger partial charge in [-0.2, -0.15) is 0 Å². The van der Waals surface area contributed by atoms with Crippen molar-refractivity contribution in [1.82, 2.24) is 24.6 Å². The van der Waals surface area contributed by atoms with Crippen molar-refractivity contribution in [3.8, 4) is 5.13 Å². The monoisotopic (exact) mass is 408 g/mol. The van der Waals surface area contributed by atoms with Gasteiger partial charge in [-0.15, -0.1) is 10.2 Å². The van der Waals surface area contributed by atoms with Gasteiger partial charge in [0.1, 0.15) is 0 Å². The fourth-order valence-corrected chi connectivity index (χ4v) is 5.16. The van der Waals surface area contributed by atoms with Crippen molar-refractivity contribution in [1.29, 1.82) is 0 Å². The van der Waals surface area contributed by atoms with E-state index < -0.39 is 0 Å². The number of nitrogens with zero attached hydrogens (tertiary/aromatic N) is 6. The Labute approximate surface area is 176 Å². The number of hydrogen-bond acceptors (Lipinski definition) is 6. The van der Waals surface area contributed by atoms with Crippen molar-refractivity contribution in [2.24, 2.45) is 0 Å². The maximum Gasteiger partial charge on any atom is 0.218 e. The van der Waals surface area contributed by atoms with Crippen LogP contribution in [0.15, 0.2) is 48.7 Å². The molecule has 2 aromatic heterocycles. The van der Waals surface area contributed by atoms with Crippen molar-refractivity contribution in [3.63, 3.8) is 0 Å². The van der Waals surface area contributed by atoms with Crippen LogP contribution in [0.3, 0.4) is 0 Å². The van der Waals surface area contributed by atoms with Crippen molar-refractivity contribution >= 4 is 16.5 Å². The van der Waals surface area contributed by atoms with E-state index in [0.717, 1.165) is 62.6 Å². The Kier molecular flexibility index (Phi) is 5.60. The van der Waals surface area contributed by atoms with Crippen LogP contribution in [0.25, 0.3) is 5.13 Å². The van der Waals surface area contributed by atoms with Gasteiger partial charge in [-0.1, -0.05) is 41.7 Å². The van der Waals surface area contributed by atoms with Crippen LogP contribution in [0.2, 0.25) is 0 Å². The second-order valence-corrected chi connectivity index (χ2v) is 8.90. The van der Waals surface area contributed by atoms with Gasteiger partial charge < -0.3 is 4.90 Å². The predicted molar refractivity (Wildman–Crippen MR) is 118 cm³/mol. The van der Waals surface area contributed by atoms with Gasteiger partial charge in [0.05, 0.1) is 0 Å². The third-order valence-electron chi connectivity index (χ3n) is 5.92. The highest BCUT2D eigenvalue weighted by atomic mass is 32.1. The number of hydrogen-bond donors (Lipinski definition) is 0. The SMILES string of the molecule is c1ccc(CN2CCN(Cc3cccn3-c3nnc(N4CCCC4)s3)CC2)cc1. The molecular formula is C22H28N6S. The molecule has 0 saturated carbocycles. The van der Waals surface area contributed by atoms with E-state index in [4.69, 9.17) is 0 Å². The lowest BCUT2D eigenvalue weighted by molar-refractivity contribution is 0.120. The molecule has 0 atom stereocenters. The maximum absolute atomic E-state index is 4.48. The predicted octanol–water partition coefficient (Wildman–Crippen LogP) is 3.25. The molecule has 7 heteroatoms. The lowest BCUT2D eigenvalue weighted by Crippen LogP contribution is -2.45. The van der Waals surface area contributed by atoms with Gasteiger partial charge in [0.2, 0.25) is 10.3 Å². The second kappa shape index (κ2) is 8.65. The number of rotatable bonds is 6. The Morgan fingerprint density at radius 1 is 0.724 bits per heavy atom. The van der Waals surface area contributed by atoms with Crippen molar-refractivity contribution in [2.75, 3.05) is 44.2 Å². The van der Waals surface area contributed by atoms with Crippen LogP contribution in [0.5, 0.6) is 0 Å². The molecule has 152 valence electrons. The topological polar surface area (TPSA) is 40.4 Å². The summed E-state index contributed by atoms with van der Waals surface area (Å²) in [5.41, 5.74) is 2.70. The van der Waals surface area contributed by atoms with E-state index in [1.54, 1.807) is 11.3 Å². The Balaban J connectivity index is 1.19. The molecular weight excluding hydrogens is 380 g/mol. The summed E-state index contributed by atoms with van der Waals surface area (Å²) in [5, 5.41) is 11.0. The van der Waals surface area contributed by atoms with Crippen LogP contribution >= 0.6 is 11.3 Å². The Bertz CT molecular complexity index is 906. The van der Waals surface area contributed by atoms with Crippen LogP contribution in [0.1, 0.15) is 24.1 Å². The highest BCUT2D eigenvalue weighted by molar-refractivity contribution is 7.17. The Hall–Kier alpha value is -2.22. The summed E-state index contributed by atoms with van der Waals surface area (Å²) in [7, 11) is 0. The Morgan fingerprint density at radius 3 is 2.17 bits per heavy atom. The molecule has 5 rings (SSSR count). The smallest absolute Gasteiger partial charge is 0.218 e. The third-order valence-corrected chi connectivity index (χ3v) is 6.90. The fraction of sp³-hybridized carbons (Fsp3) is 0.455. The van der Waals surface area contributed by atoms with Crippen molar-refractivity contribution in [2.45, 2.75) is 25.9 Å². The van der Waals surface area contributed by atoms with Crippen LogP contribution < -0.4 is 4.90 Å². The number of anilines is 1. The molecule has 0 spiro atoms. The summed E-state index contributed by atoms with van der Waals surface area (Å²) in [5.74, 6) is 0. The lowest BCUT2D eigenvalue weighted by atomic mass is 10.2. The lowest BCUT2D eigenvalue weighted by Gasteiger charge is -2.34. The quantitative estimate of drug-likeness (QED) is 0.626. The first-order chi connectivity index (χ1) is 14.3. The van der Waals surface area contributed by atoms with E-state index >= 15 is 0 Å². The molecule has 3 aromatic rings. The summed E-state index contributed by atoms with van der Waals surface area (Å²) >= 11 is 1.71. The summed E-state index contributed by atoms with van der Waals surface area (Å²) in [6.45, 7) is 8.68. The van der Waals surface area contributed by atoms with Crippen LogP contribution in [-0.2, 0) is 13.1 Å². The standard InChI is InChI=1S/C22H28N6S/c1-2-7-19(8-3-1)17-25-13-15-26(16-14-25)18-20-9-6-12-28(20)22-24-23-21(29-22)27-10-4-5-11-27/h1-3,6-9,12H,4-5,10-11,13-18H2. The largest absolute Gasteiger partial charge is 0.347 e. The zero-order valence-corrected chi connectivity index (χ0v) is 17.6. The second-order valence-electron chi connectivity index (χ2n) is 7.97. The number of aromatic nitrogens is 3. The van der Waals surface area contributed by atoms with Crippen LogP contribution in [-0.4, -0.2) is 63.8 Å². The van der Waals surface area contributed by atoms with E-state index in [1.807, 2.05) is 0 Å². The molecule has 2 fully saturated rings. The van der Waals surface area contributed by atoms with Crippen molar-refractivity contribution in [3.05, 3.63) is 59.9 Å². The molecule has 1 aromatic carbocycles. The summed E-state index contributed by atoms with van der Waals surface area (Å²) in [6, 6.07) is 15.1. The van der Waals surface area contributed by atoms with Crippen LogP contribution in [0.4, 0.5) is 5.13 Å². The molecule has 6 nitrogen and oxygen atoms in total. The van der Waals surface area contributed by atoms with Gasteiger partial charge in [0.15, 0.2) is 0 Å². The molecule has 0 unspecified atom stereocenters. The first-order valence-corrected chi connectivity index (χ1v) is 11.4. The van der Waals surface area contributed by atoms with E-state index in [2.05, 4.69) is 78.1 Å². The molecule has 0 N–H and O–H groups in total. The zero-order valence-electron chi connectivity index (χ0n) is 16.8. The van der Waals surface area contributed by atoms with Gasteiger partial charge >= 0.3 is 0 Å². The third kappa shape index (κ3) is 4.37. The first-order valence-electron chi connectivity index (χ1n) is 10.6. The average molecular weight is 409 g/mol. The average Bonchev–Trinajstić information content (AvgIpc) is 3.51. The first kappa shape index (κ1) is 18.8. The van der Waals surface area contributed by atoms with Gasteiger partial charge in [0, 0.05) is 64.2 Å². The van der Waals surface area contributed by atoms with Gasteiger partial charge in [-0.25, -0.2) is 0 Å². The molecule has 0 radical (unpaired) electrons. The molecule has 0 bridgehead atoms. The minimum Gasteiger partial charge on any atom is -0.347 e. The van der Waals surface area contributed by atoms with Gasteiger partial charge in [0.25, 0.3) is 0 Å². The molecule has 2 aliphatic rings. The van der Waals surface area contributed by atoms with E-state index in [9.17, 15) is 0 Å². The number of benzene rings is 1. The number of piperazine rings is 1. The zero-order chi connectivity index (χ0) is 19.5. The molecule has 2 saturated heterocycles. The molecule has 2 aliphatic heterocycles. The molecule has 29 heavy (non-hydrogen) atoms. The van der Waals surface area contributed by atoms with Crippen LogP contribution in [0, 0.1) is 0 Å². The maximum atomic E-state index is 4.48. The molecule has 0 amide bonds. The fourth-order valence-electron chi connectivity index (χ4n) is 4.25. The van der Waals surface area contributed by atoms with Crippen molar-refractivity contribution < 1.29 is 0 Å². The highest BCUT2D eigenvalue weighted by Crippen LogP contribution is 2.27. The summed E-state index contributed by atoms with van der Waals surface area (Å²) in [6.07, 6.45) is 4.65. The Morgan fingerprint density at radius 2 is 1.41 bits per heavy atom. The summed E-state index contributed by atoms with van der Waals surface area (Å²) < 4.78 is 2.22. The van der Waals surface area contributed by atoms with Gasteiger partial charge in [-0.3, -0.25) is 14.4 Å². The van der Waals surface area contributed by atoms with E-state index in [0.29, 0.717) is 0 Å². The van der Waals surface area contributed by atoms with E-state index in [1.165, 1.54) is 24.1 Å². The minimum absolute atomic E-state index is 0.963.